The molecule has 4 aliphatic heterocycles. The summed E-state index contributed by atoms with van der Waals surface area (Å²) < 4.78 is 11.4. The van der Waals surface area contributed by atoms with Gasteiger partial charge in [-0.25, -0.2) is 4.79 Å². The van der Waals surface area contributed by atoms with Crippen LogP contribution in [-0.2, 0) is 26.4 Å². The number of likely N-dealkylation sites (tertiary alicyclic amines) is 1. The van der Waals surface area contributed by atoms with Crippen molar-refractivity contribution in [1.29, 1.82) is 0 Å². The molecule has 3 fully saturated rings. The summed E-state index contributed by atoms with van der Waals surface area (Å²) in [4.78, 5) is 31.1. The van der Waals surface area contributed by atoms with Crippen LogP contribution in [0.5, 0.6) is 0 Å². The smallest absolute Gasteiger partial charge is 0.320 e. The normalized spacial score (nSPS) is 30.9. The van der Waals surface area contributed by atoms with E-state index in [4.69, 9.17) is 9.47 Å². The fourth-order valence-electron chi connectivity index (χ4n) is 6.13. The van der Waals surface area contributed by atoms with Crippen LogP contribution in [0.15, 0.2) is 54.6 Å². The molecule has 4 aliphatic rings. The van der Waals surface area contributed by atoms with Crippen molar-refractivity contribution in [3.8, 4) is 0 Å². The molecule has 1 N–H and O–H groups in total. The van der Waals surface area contributed by atoms with Crippen LogP contribution in [0.4, 0.5) is 4.79 Å². The van der Waals surface area contributed by atoms with E-state index in [-0.39, 0.29) is 43.3 Å². The van der Waals surface area contributed by atoms with Gasteiger partial charge in [-0.15, -0.1) is 0 Å². The Labute approximate surface area is 193 Å². The standard InChI is InChI=1S/C26H29N3O4/c30-24-21-11-6-13-29(23(21)15-22-20-10-5-4-7-18(20)12-14-28(22)24)25(31)27-26(16-32-17-33-26)19-8-2-1-3-9-19/h1-5,7-10,21-23H,6,11-17H2,(H,27,31)/t21-,22-,23-,26+/m1/s1. The maximum Gasteiger partial charge on any atom is 0.320 e. The fourth-order valence-corrected chi connectivity index (χ4v) is 6.13. The second-order valence-electron chi connectivity index (χ2n) is 9.48. The Kier molecular flexibility index (Phi) is 5.11. The molecular weight excluding hydrogens is 418 g/mol. The average Bonchev–Trinajstić information content (AvgIpc) is 3.34. The molecule has 6 rings (SSSR count). The zero-order valence-corrected chi connectivity index (χ0v) is 18.6. The van der Waals surface area contributed by atoms with E-state index >= 15 is 0 Å². The first kappa shape index (κ1) is 20.7. The first-order valence-corrected chi connectivity index (χ1v) is 11.9. The highest BCUT2D eigenvalue weighted by molar-refractivity contribution is 5.84. The van der Waals surface area contributed by atoms with Gasteiger partial charge in [0.05, 0.1) is 12.0 Å². The van der Waals surface area contributed by atoms with Gasteiger partial charge in [-0.1, -0.05) is 54.6 Å². The summed E-state index contributed by atoms with van der Waals surface area (Å²) in [6.45, 7) is 1.79. The molecule has 7 nitrogen and oxygen atoms in total. The number of ether oxygens (including phenoxy) is 2. The van der Waals surface area contributed by atoms with E-state index in [0.29, 0.717) is 6.54 Å². The number of urea groups is 1. The molecule has 0 bridgehead atoms. The number of nitrogens with zero attached hydrogens (tertiary/aromatic N) is 2. The van der Waals surface area contributed by atoms with Crippen LogP contribution in [-0.4, -0.2) is 54.3 Å². The number of benzene rings is 2. The maximum atomic E-state index is 13.7. The van der Waals surface area contributed by atoms with Crippen molar-refractivity contribution in [1.82, 2.24) is 15.1 Å². The summed E-state index contributed by atoms with van der Waals surface area (Å²) >= 11 is 0. The molecule has 0 aromatic heterocycles. The Morgan fingerprint density at radius 2 is 1.88 bits per heavy atom. The Morgan fingerprint density at radius 3 is 2.70 bits per heavy atom. The summed E-state index contributed by atoms with van der Waals surface area (Å²) in [5, 5.41) is 3.13. The zero-order chi connectivity index (χ0) is 22.4. The lowest BCUT2D eigenvalue weighted by atomic mass is 9.76. The summed E-state index contributed by atoms with van der Waals surface area (Å²) in [5.41, 5.74) is 2.40. The van der Waals surface area contributed by atoms with Crippen molar-refractivity contribution in [3.05, 3.63) is 71.3 Å². The van der Waals surface area contributed by atoms with Crippen LogP contribution in [0.2, 0.25) is 0 Å². The largest absolute Gasteiger partial charge is 0.350 e. The fraction of sp³-hybridized carbons (Fsp3) is 0.462. The van der Waals surface area contributed by atoms with E-state index in [1.807, 2.05) is 41.3 Å². The van der Waals surface area contributed by atoms with Gasteiger partial charge in [0.2, 0.25) is 5.91 Å². The molecule has 0 radical (unpaired) electrons. The highest BCUT2D eigenvalue weighted by Gasteiger charge is 2.50. The van der Waals surface area contributed by atoms with Crippen LogP contribution in [0.1, 0.15) is 42.0 Å². The van der Waals surface area contributed by atoms with Gasteiger partial charge < -0.3 is 24.6 Å². The SMILES string of the molecule is O=C1[C@@H]2CCCN(C(=O)N[C@@]3(c4ccccc4)COCO3)[C@@H]2C[C@@H]2c3ccccc3CCN12. The first-order chi connectivity index (χ1) is 16.2. The molecule has 4 heterocycles. The molecule has 172 valence electrons. The van der Waals surface area contributed by atoms with Crippen LogP contribution >= 0.6 is 0 Å². The number of nitrogens with one attached hydrogen (secondary N) is 1. The number of hydrogen-bond acceptors (Lipinski definition) is 4. The second-order valence-corrected chi connectivity index (χ2v) is 9.48. The number of carbonyl (C=O) groups excluding carboxylic acids is 2. The minimum Gasteiger partial charge on any atom is -0.350 e. The number of fused-ring (bicyclic) bond motifs is 4. The van der Waals surface area contributed by atoms with Crippen molar-refractivity contribution in [2.45, 2.75) is 43.5 Å². The number of hydrogen-bond donors (Lipinski definition) is 1. The van der Waals surface area contributed by atoms with Gasteiger partial charge in [-0.05, 0) is 36.8 Å². The highest BCUT2D eigenvalue weighted by Crippen LogP contribution is 2.43. The van der Waals surface area contributed by atoms with Gasteiger partial charge in [-0.3, -0.25) is 4.79 Å². The topological polar surface area (TPSA) is 71.1 Å². The van der Waals surface area contributed by atoms with Gasteiger partial charge >= 0.3 is 6.03 Å². The second kappa shape index (κ2) is 8.15. The predicted octanol–water partition coefficient (Wildman–Crippen LogP) is 3.16. The van der Waals surface area contributed by atoms with E-state index in [2.05, 4.69) is 28.4 Å². The average molecular weight is 448 g/mol. The van der Waals surface area contributed by atoms with Crippen molar-refractivity contribution in [2.24, 2.45) is 5.92 Å². The summed E-state index contributed by atoms with van der Waals surface area (Å²) in [6.07, 6.45) is 3.33. The van der Waals surface area contributed by atoms with Gasteiger partial charge in [-0.2, -0.15) is 0 Å². The number of piperidine rings is 2. The molecule has 2 aromatic rings. The van der Waals surface area contributed by atoms with Crippen LogP contribution in [0.3, 0.4) is 0 Å². The van der Waals surface area contributed by atoms with Gasteiger partial charge in [0.15, 0.2) is 5.72 Å². The van der Waals surface area contributed by atoms with E-state index in [0.717, 1.165) is 37.8 Å². The summed E-state index contributed by atoms with van der Waals surface area (Å²) in [7, 11) is 0. The molecule has 7 heteroatoms. The lowest BCUT2D eigenvalue weighted by Gasteiger charge is -2.51. The monoisotopic (exact) mass is 447 g/mol. The van der Waals surface area contributed by atoms with Crippen LogP contribution in [0, 0.1) is 5.92 Å². The highest BCUT2D eigenvalue weighted by atomic mass is 16.7. The van der Waals surface area contributed by atoms with Gasteiger partial charge in [0.25, 0.3) is 0 Å². The molecule has 0 aliphatic carbocycles. The molecule has 0 spiro atoms. The van der Waals surface area contributed by atoms with Crippen LogP contribution < -0.4 is 5.32 Å². The quantitative estimate of drug-likeness (QED) is 0.768. The van der Waals surface area contributed by atoms with Crippen molar-refractivity contribution in [2.75, 3.05) is 26.5 Å². The van der Waals surface area contributed by atoms with Crippen LogP contribution in [0.25, 0.3) is 0 Å². The third-order valence-corrected chi connectivity index (χ3v) is 7.76. The Morgan fingerprint density at radius 1 is 1.06 bits per heavy atom. The summed E-state index contributed by atoms with van der Waals surface area (Å²) in [6, 6.07) is 17.8. The van der Waals surface area contributed by atoms with Crippen molar-refractivity contribution >= 4 is 11.9 Å². The van der Waals surface area contributed by atoms with E-state index < -0.39 is 5.72 Å². The Hall–Kier alpha value is -2.90. The van der Waals surface area contributed by atoms with Gasteiger partial charge in [0.1, 0.15) is 13.4 Å². The molecular formula is C26H29N3O4. The molecule has 4 atom stereocenters. The lowest BCUT2D eigenvalue weighted by molar-refractivity contribution is -0.148. The minimum absolute atomic E-state index is 0.0336. The van der Waals surface area contributed by atoms with Crippen molar-refractivity contribution < 1.29 is 19.1 Å². The molecule has 0 unspecified atom stereocenters. The van der Waals surface area contributed by atoms with Crippen molar-refractivity contribution in [3.63, 3.8) is 0 Å². The predicted molar refractivity (Wildman–Crippen MR) is 121 cm³/mol. The minimum atomic E-state index is -1.01. The molecule has 3 saturated heterocycles. The maximum absolute atomic E-state index is 13.7. The van der Waals surface area contributed by atoms with Gasteiger partial charge in [0, 0.05) is 24.7 Å². The number of amides is 3. The number of carbonyl (C=O) groups is 2. The zero-order valence-electron chi connectivity index (χ0n) is 18.6. The third kappa shape index (κ3) is 3.42. The first-order valence-electron chi connectivity index (χ1n) is 11.9. The van der Waals surface area contributed by atoms with E-state index in [9.17, 15) is 9.59 Å². The third-order valence-electron chi connectivity index (χ3n) is 7.76. The number of rotatable bonds is 2. The molecule has 0 saturated carbocycles. The molecule has 33 heavy (non-hydrogen) atoms. The Bertz CT molecular complexity index is 1050. The Balaban J connectivity index is 1.28. The summed E-state index contributed by atoms with van der Waals surface area (Å²) in [5.74, 6) is 0.0564. The molecule has 2 aromatic carbocycles. The molecule has 3 amide bonds. The van der Waals surface area contributed by atoms with E-state index in [1.165, 1.54) is 11.1 Å². The van der Waals surface area contributed by atoms with E-state index in [1.54, 1.807) is 0 Å². The lowest BCUT2D eigenvalue weighted by Crippen LogP contribution is -2.63.